The lowest BCUT2D eigenvalue weighted by Crippen LogP contribution is -2.06. The molecule has 0 bridgehead atoms. The summed E-state index contributed by atoms with van der Waals surface area (Å²) in [6.07, 6.45) is 4.60. The number of hydrogen-bond acceptors (Lipinski definition) is 5. The summed E-state index contributed by atoms with van der Waals surface area (Å²) in [5.74, 6) is 1.30. The third-order valence-electron chi connectivity index (χ3n) is 3.13. The SMILES string of the molecule is CCCNc1nc(N)c2c3c(sc2n1)CCC3. The van der Waals surface area contributed by atoms with Gasteiger partial charge in [-0.15, -0.1) is 11.3 Å². The fourth-order valence-electron chi connectivity index (χ4n) is 2.34. The van der Waals surface area contributed by atoms with Gasteiger partial charge in [-0.3, -0.25) is 0 Å². The quantitative estimate of drug-likeness (QED) is 0.876. The molecule has 0 amide bonds. The van der Waals surface area contributed by atoms with E-state index in [1.54, 1.807) is 11.3 Å². The normalized spacial score (nSPS) is 14.2. The van der Waals surface area contributed by atoms with E-state index in [1.807, 2.05) is 0 Å². The number of nitrogens with two attached hydrogens (primary N) is 1. The van der Waals surface area contributed by atoms with Crippen LogP contribution in [0.3, 0.4) is 0 Å². The number of hydrogen-bond donors (Lipinski definition) is 2. The standard InChI is InChI=1S/C12H16N4S/c1-2-6-14-12-15-10(13)9-7-4-3-5-8(7)17-11(9)16-12/h2-6H2,1H3,(H3,13,14,15,16). The number of nitrogens with zero attached hydrogens (tertiary/aromatic N) is 2. The number of anilines is 2. The van der Waals surface area contributed by atoms with Crippen molar-refractivity contribution in [1.82, 2.24) is 9.97 Å². The maximum atomic E-state index is 6.06. The van der Waals surface area contributed by atoms with Gasteiger partial charge < -0.3 is 11.1 Å². The summed E-state index contributed by atoms with van der Waals surface area (Å²) in [6.45, 7) is 3.00. The van der Waals surface area contributed by atoms with E-state index in [0.717, 1.165) is 29.6 Å². The molecule has 0 saturated heterocycles. The van der Waals surface area contributed by atoms with Gasteiger partial charge in [0.25, 0.3) is 0 Å². The van der Waals surface area contributed by atoms with Crippen molar-refractivity contribution in [2.75, 3.05) is 17.6 Å². The summed E-state index contributed by atoms with van der Waals surface area (Å²) in [7, 11) is 0. The summed E-state index contributed by atoms with van der Waals surface area (Å²) in [6, 6.07) is 0. The van der Waals surface area contributed by atoms with Crippen LogP contribution >= 0.6 is 11.3 Å². The summed E-state index contributed by atoms with van der Waals surface area (Å²) >= 11 is 1.78. The van der Waals surface area contributed by atoms with Gasteiger partial charge in [0.05, 0.1) is 5.39 Å². The van der Waals surface area contributed by atoms with Gasteiger partial charge in [-0.1, -0.05) is 6.92 Å². The molecule has 0 saturated carbocycles. The lowest BCUT2D eigenvalue weighted by molar-refractivity contribution is 0.917. The van der Waals surface area contributed by atoms with E-state index in [4.69, 9.17) is 5.73 Å². The molecule has 2 heterocycles. The van der Waals surface area contributed by atoms with Gasteiger partial charge in [0.1, 0.15) is 10.6 Å². The Hall–Kier alpha value is -1.36. The fourth-order valence-corrected chi connectivity index (χ4v) is 3.61. The van der Waals surface area contributed by atoms with Gasteiger partial charge in [-0.25, -0.2) is 4.98 Å². The van der Waals surface area contributed by atoms with E-state index in [-0.39, 0.29) is 0 Å². The minimum absolute atomic E-state index is 0.632. The summed E-state index contributed by atoms with van der Waals surface area (Å²) in [4.78, 5) is 11.4. The molecule has 90 valence electrons. The van der Waals surface area contributed by atoms with Crippen LogP contribution < -0.4 is 11.1 Å². The van der Waals surface area contributed by atoms with Crippen LogP contribution in [0, 0.1) is 0 Å². The highest BCUT2D eigenvalue weighted by Crippen LogP contribution is 2.38. The second-order valence-electron chi connectivity index (χ2n) is 4.40. The molecule has 5 heteroatoms. The van der Waals surface area contributed by atoms with Gasteiger partial charge in [0, 0.05) is 11.4 Å². The molecule has 3 rings (SSSR count). The maximum Gasteiger partial charge on any atom is 0.226 e. The molecule has 0 aromatic carbocycles. The smallest absolute Gasteiger partial charge is 0.226 e. The molecule has 0 fully saturated rings. The van der Waals surface area contributed by atoms with Crippen molar-refractivity contribution >= 4 is 33.3 Å². The average Bonchev–Trinajstić information content (AvgIpc) is 2.85. The van der Waals surface area contributed by atoms with Gasteiger partial charge in [0.15, 0.2) is 0 Å². The Bertz CT molecular complexity index is 561. The Morgan fingerprint density at radius 2 is 2.24 bits per heavy atom. The van der Waals surface area contributed by atoms with Gasteiger partial charge in [-0.2, -0.15) is 4.98 Å². The molecule has 3 N–H and O–H groups in total. The minimum atomic E-state index is 0.632. The van der Waals surface area contributed by atoms with Crippen LogP contribution in [0.2, 0.25) is 0 Å². The Morgan fingerprint density at radius 3 is 3.06 bits per heavy atom. The number of aryl methyl sites for hydroxylation is 2. The highest BCUT2D eigenvalue weighted by Gasteiger charge is 2.21. The van der Waals surface area contributed by atoms with E-state index >= 15 is 0 Å². The predicted octanol–water partition coefficient (Wildman–Crippen LogP) is 2.58. The second-order valence-corrected chi connectivity index (χ2v) is 5.48. The molecule has 1 aliphatic rings. The van der Waals surface area contributed by atoms with Crippen LogP contribution in [-0.4, -0.2) is 16.5 Å². The Morgan fingerprint density at radius 1 is 1.35 bits per heavy atom. The first kappa shape index (κ1) is 10.8. The largest absolute Gasteiger partial charge is 0.383 e. The van der Waals surface area contributed by atoms with Crippen LogP contribution in [-0.2, 0) is 12.8 Å². The predicted molar refractivity (Wildman–Crippen MR) is 72.6 cm³/mol. The molecule has 4 nitrogen and oxygen atoms in total. The van der Waals surface area contributed by atoms with Crippen molar-refractivity contribution in [2.24, 2.45) is 0 Å². The zero-order valence-corrected chi connectivity index (χ0v) is 10.7. The van der Waals surface area contributed by atoms with E-state index < -0.39 is 0 Å². The lowest BCUT2D eigenvalue weighted by atomic mass is 10.2. The van der Waals surface area contributed by atoms with Crippen molar-refractivity contribution < 1.29 is 0 Å². The van der Waals surface area contributed by atoms with Crippen molar-refractivity contribution in [2.45, 2.75) is 32.6 Å². The molecule has 1 aliphatic carbocycles. The maximum absolute atomic E-state index is 6.06. The third-order valence-corrected chi connectivity index (χ3v) is 4.31. The second kappa shape index (κ2) is 4.14. The van der Waals surface area contributed by atoms with Gasteiger partial charge in [0.2, 0.25) is 5.95 Å². The van der Waals surface area contributed by atoms with Crippen LogP contribution in [0.1, 0.15) is 30.2 Å². The number of nitrogen functional groups attached to an aromatic ring is 1. The van der Waals surface area contributed by atoms with E-state index in [9.17, 15) is 0 Å². The molecule has 2 aromatic rings. The average molecular weight is 248 g/mol. The molecule has 0 atom stereocenters. The molecule has 0 aliphatic heterocycles. The van der Waals surface area contributed by atoms with Crippen molar-refractivity contribution in [3.8, 4) is 0 Å². The van der Waals surface area contributed by atoms with Crippen molar-refractivity contribution in [3.05, 3.63) is 10.4 Å². The minimum Gasteiger partial charge on any atom is -0.383 e. The van der Waals surface area contributed by atoms with Gasteiger partial charge >= 0.3 is 0 Å². The van der Waals surface area contributed by atoms with E-state index in [2.05, 4.69) is 22.2 Å². The van der Waals surface area contributed by atoms with Crippen molar-refractivity contribution in [1.29, 1.82) is 0 Å². The topological polar surface area (TPSA) is 63.8 Å². The zero-order valence-electron chi connectivity index (χ0n) is 9.92. The monoisotopic (exact) mass is 248 g/mol. The van der Waals surface area contributed by atoms with Crippen LogP contribution in [0.25, 0.3) is 10.2 Å². The highest BCUT2D eigenvalue weighted by molar-refractivity contribution is 7.19. The molecule has 0 spiro atoms. The fraction of sp³-hybridized carbons (Fsp3) is 0.500. The van der Waals surface area contributed by atoms with Crippen LogP contribution in [0.4, 0.5) is 11.8 Å². The lowest BCUT2D eigenvalue weighted by Gasteiger charge is -2.05. The first-order chi connectivity index (χ1) is 8.29. The first-order valence-electron chi connectivity index (χ1n) is 6.11. The number of rotatable bonds is 3. The Labute approximate surface area is 104 Å². The molecule has 2 aromatic heterocycles. The third kappa shape index (κ3) is 1.74. The number of thiophene rings is 1. The van der Waals surface area contributed by atoms with Crippen molar-refractivity contribution in [3.63, 3.8) is 0 Å². The molecule has 0 radical (unpaired) electrons. The van der Waals surface area contributed by atoms with Crippen LogP contribution in [0.15, 0.2) is 0 Å². The van der Waals surface area contributed by atoms with Gasteiger partial charge in [-0.05, 0) is 31.2 Å². The zero-order chi connectivity index (χ0) is 11.8. The Kier molecular flexibility index (Phi) is 2.63. The number of aromatic nitrogens is 2. The Balaban J connectivity index is 2.08. The number of fused-ring (bicyclic) bond motifs is 3. The summed E-state index contributed by atoms with van der Waals surface area (Å²) in [5, 5.41) is 4.30. The summed E-state index contributed by atoms with van der Waals surface area (Å²) in [5.41, 5.74) is 7.45. The van der Waals surface area contributed by atoms with Crippen LogP contribution in [0.5, 0.6) is 0 Å². The number of nitrogens with one attached hydrogen (secondary N) is 1. The molecule has 0 unspecified atom stereocenters. The van der Waals surface area contributed by atoms with E-state index in [1.165, 1.54) is 23.3 Å². The highest BCUT2D eigenvalue weighted by atomic mass is 32.1. The first-order valence-corrected chi connectivity index (χ1v) is 6.93. The molecule has 17 heavy (non-hydrogen) atoms. The van der Waals surface area contributed by atoms with E-state index in [0.29, 0.717) is 11.8 Å². The summed E-state index contributed by atoms with van der Waals surface area (Å²) < 4.78 is 0. The molecular weight excluding hydrogens is 232 g/mol. The molecular formula is C12H16N4S.